The molecule has 5 heteroatoms. The third-order valence-corrected chi connectivity index (χ3v) is 4.45. The molecule has 2 aromatic carbocycles. The lowest BCUT2D eigenvalue weighted by atomic mass is 9.93. The largest absolute Gasteiger partial charge is 0.371 e. The maximum Gasteiger partial charge on any atom is 0.264 e. The number of hydrogen-bond acceptors (Lipinski definition) is 4. The Morgan fingerprint density at radius 1 is 1.04 bits per heavy atom. The fourth-order valence-corrected chi connectivity index (χ4v) is 2.81. The van der Waals surface area contributed by atoms with Crippen LogP contribution in [0.5, 0.6) is 0 Å². The van der Waals surface area contributed by atoms with E-state index in [4.69, 9.17) is 4.18 Å². The molecule has 0 aliphatic heterocycles. The van der Waals surface area contributed by atoms with E-state index in [1.165, 1.54) is 0 Å². The molecule has 4 nitrogen and oxygen atoms in total. The van der Waals surface area contributed by atoms with Crippen LogP contribution in [0.25, 0.3) is 11.1 Å². The van der Waals surface area contributed by atoms with Gasteiger partial charge in [0, 0.05) is 6.42 Å². The molecule has 2 rings (SSSR count). The second-order valence-corrected chi connectivity index (χ2v) is 7.82. The van der Waals surface area contributed by atoms with Crippen molar-refractivity contribution in [1.29, 1.82) is 0 Å². The van der Waals surface area contributed by atoms with Crippen molar-refractivity contribution in [1.82, 2.24) is 0 Å². The van der Waals surface area contributed by atoms with E-state index in [2.05, 4.69) is 18.8 Å². The van der Waals surface area contributed by atoms with Crippen LogP contribution in [0.2, 0.25) is 0 Å². The summed E-state index contributed by atoms with van der Waals surface area (Å²) in [7, 11) is -3.68. The van der Waals surface area contributed by atoms with Crippen LogP contribution in [0.1, 0.15) is 31.7 Å². The van der Waals surface area contributed by atoms with Gasteiger partial charge in [-0.15, -0.1) is 0 Å². The molecule has 1 unspecified atom stereocenters. The van der Waals surface area contributed by atoms with Gasteiger partial charge in [0.15, 0.2) is 5.60 Å². The fraction of sp³-hybridized carbons (Fsp3) is 0.333. The van der Waals surface area contributed by atoms with Gasteiger partial charge in [0.1, 0.15) is 6.61 Å². The van der Waals surface area contributed by atoms with Crippen LogP contribution in [0.3, 0.4) is 0 Å². The number of benzene rings is 2. The number of aliphatic hydroxyl groups is 1. The smallest absolute Gasteiger partial charge is 0.264 e. The van der Waals surface area contributed by atoms with Crippen LogP contribution in [0.4, 0.5) is 0 Å². The highest BCUT2D eigenvalue weighted by Gasteiger charge is 2.29. The molecule has 0 amide bonds. The average Bonchev–Trinajstić information content (AvgIpc) is 2.64. The second-order valence-electron chi connectivity index (χ2n) is 6.18. The van der Waals surface area contributed by atoms with Gasteiger partial charge in [0.05, 0.1) is 6.26 Å². The van der Waals surface area contributed by atoms with Gasteiger partial charge in [-0.05, 0) is 23.1 Å². The zero-order valence-corrected chi connectivity index (χ0v) is 15.9. The first kappa shape index (κ1) is 20.2. The summed E-state index contributed by atoms with van der Waals surface area (Å²) in [5, 5.41) is 10.9. The Kier molecular flexibility index (Phi) is 6.98. The second kappa shape index (κ2) is 9.00. The zero-order valence-electron chi connectivity index (χ0n) is 15.1. The highest BCUT2D eigenvalue weighted by atomic mass is 32.2. The van der Waals surface area contributed by atoms with Crippen molar-refractivity contribution in [2.45, 2.75) is 31.8 Å². The molecule has 0 heterocycles. The van der Waals surface area contributed by atoms with Crippen LogP contribution in [0, 0.1) is 11.8 Å². The Hall–Kier alpha value is -2.13. The molecule has 1 atom stereocenters. The standard InChI is InChI=1S/C21H24O4S/c1-3-4-5-9-16-21(22,17-25-26(2,23)24)20-14-12-19(13-15-20)18-10-7-6-8-11-18/h6-8,10-15,22H,3-5,17H2,1-2H3. The van der Waals surface area contributed by atoms with E-state index in [-0.39, 0.29) is 0 Å². The highest BCUT2D eigenvalue weighted by Crippen LogP contribution is 2.26. The molecule has 1 N–H and O–H groups in total. The van der Waals surface area contributed by atoms with Gasteiger partial charge in [0.25, 0.3) is 10.1 Å². The van der Waals surface area contributed by atoms with Crippen LogP contribution < -0.4 is 0 Å². The molecule has 0 aliphatic rings. The normalized spacial score (nSPS) is 13.5. The molecule has 0 fully saturated rings. The number of hydrogen-bond donors (Lipinski definition) is 1. The summed E-state index contributed by atoms with van der Waals surface area (Å²) in [5.74, 6) is 5.73. The predicted molar refractivity (Wildman–Crippen MR) is 104 cm³/mol. The monoisotopic (exact) mass is 372 g/mol. The Labute approximate surface area is 156 Å². The molecule has 0 spiro atoms. The molecular weight excluding hydrogens is 348 g/mol. The molecule has 26 heavy (non-hydrogen) atoms. The number of rotatable bonds is 7. The van der Waals surface area contributed by atoms with Crippen molar-refractivity contribution < 1.29 is 17.7 Å². The summed E-state index contributed by atoms with van der Waals surface area (Å²) < 4.78 is 27.5. The topological polar surface area (TPSA) is 63.6 Å². The maximum atomic E-state index is 11.3. The van der Waals surface area contributed by atoms with E-state index < -0.39 is 22.3 Å². The van der Waals surface area contributed by atoms with E-state index in [0.717, 1.165) is 30.2 Å². The van der Waals surface area contributed by atoms with E-state index in [9.17, 15) is 13.5 Å². The molecule has 0 bridgehead atoms. The molecule has 2 aromatic rings. The molecule has 0 saturated heterocycles. The summed E-state index contributed by atoms with van der Waals surface area (Å²) >= 11 is 0. The van der Waals surface area contributed by atoms with Crippen LogP contribution in [-0.4, -0.2) is 26.4 Å². The Balaban J connectivity index is 2.29. The first-order valence-corrected chi connectivity index (χ1v) is 10.4. The molecule has 0 aliphatic carbocycles. The first-order valence-electron chi connectivity index (χ1n) is 8.57. The molecule has 0 aromatic heterocycles. The lowest BCUT2D eigenvalue weighted by molar-refractivity contribution is 0.0465. The van der Waals surface area contributed by atoms with Crippen molar-refractivity contribution in [3.63, 3.8) is 0 Å². The SMILES string of the molecule is CCCCC#CC(O)(COS(C)(=O)=O)c1ccc(-c2ccccc2)cc1. The quantitative estimate of drug-likeness (QED) is 0.457. The van der Waals surface area contributed by atoms with Crippen molar-refractivity contribution in [3.05, 3.63) is 60.2 Å². The minimum Gasteiger partial charge on any atom is -0.371 e. The minimum atomic E-state index is -3.68. The summed E-state index contributed by atoms with van der Waals surface area (Å²) in [6.07, 6.45) is 3.51. The first-order chi connectivity index (χ1) is 12.3. The van der Waals surface area contributed by atoms with E-state index >= 15 is 0 Å². The van der Waals surface area contributed by atoms with E-state index in [1.807, 2.05) is 42.5 Å². The van der Waals surface area contributed by atoms with Gasteiger partial charge in [0.2, 0.25) is 0 Å². The fourth-order valence-electron chi connectivity index (χ4n) is 2.43. The van der Waals surface area contributed by atoms with E-state index in [1.54, 1.807) is 12.1 Å². The summed E-state index contributed by atoms with van der Waals surface area (Å²) in [4.78, 5) is 0. The van der Waals surface area contributed by atoms with Crippen molar-refractivity contribution >= 4 is 10.1 Å². The Morgan fingerprint density at radius 2 is 1.65 bits per heavy atom. The van der Waals surface area contributed by atoms with Gasteiger partial charge < -0.3 is 5.11 Å². The zero-order chi connectivity index (χ0) is 19.0. The molecule has 0 radical (unpaired) electrons. The van der Waals surface area contributed by atoms with Crippen molar-refractivity contribution in [2.75, 3.05) is 12.9 Å². The lowest BCUT2D eigenvalue weighted by Gasteiger charge is -2.22. The third kappa shape index (κ3) is 5.99. The van der Waals surface area contributed by atoms with E-state index in [0.29, 0.717) is 12.0 Å². The van der Waals surface area contributed by atoms with Gasteiger partial charge in [-0.25, -0.2) is 0 Å². The summed E-state index contributed by atoms with van der Waals surface area (Å²) in [5.41, 5.74) is 0.889. The molecule has 138 valence electrons. The van der Waals surface area contributed by atoms with Crippen LogP contribution in [0.15, 0.2) is 54.6 Å². The summed E-state index contributed by atoms with van der Waals surface area (Å²) in [6, 6.07) is 17.1. The maximum absolute atomic E-state index is 11.3. The van der Waals surface area contributed by atoms with Gasteiger partial charge in [-0.2, -0.15) is 8.42 Å². The van der Waals surface area contributed by atoms with Gasteiger partial charge in [-0.1, -0.05) is 79.8 Å². The van der Waals surface area contributed by atoms with Gasteiger partial charge >= 0.3 is 0 Å². The Bertz CT molecular complexity index is 862. The highest BCUT2D eigenvalue weighted by molar-refractivity contribution is 7.85. The van der Waals surface area contributed by atoms with Crippen molar-refractivity contribution in [2.24, 2.45) is 0 Å². The average molecular weight is 372 g/mol. The predicted octanol–water partition coefficient (Wildman–Crippen LogP) is 3.71. The van der Waals surface area contributed by atoms with Crippen LogP contribution in [-0.2, 0) is 19.9 Å². The van der Waals surface area contributed by atoms with Crippen molar-refractivity contribution in [3.8, 4) is 23.0 Å². The van der Waals surface area contributed by atoms with Gasteiger partial charge in [-0.3, -0.25) is 4.18 Å². The Morgan fingerprint density at radius 3 is 2.23 bits per heavy atom. The third-order valence-electron chi connectivity index (χ3n) is 3.90. The lowest BCUT2D eigenvalue weighted by Crippen LogP contribution is -2.31. The minimum absolute atomic E-state index is 0.435. The van der Waals surface area contributed by atoms with Crippen LogP contribution >= 0.6 is 0 Å². The summed E-state index contributed by atoms with van der Waals surface area (Å²) in [6.45, 7) is 1.62. The molecule has 0 saturated carbocycles. The molecular formula is C21H24O4S. The number of unbranched alkanes of at least 4 members (excludes halogenated alkanes) is 2.